The molecule has 1 aromatic heterocycles. The van der Waals surface area contributed by atoms with Crippen LogP contribution in [0.2, 0.25) is 0 Å². The van der Waals surface area contributed by atoms with E-state index in [-0.39, 0.29) is 28.3 Å². The van der Waals surface area contributed by atoms with Gasteiger partial charge in [-0.2, -0.15) is 5.10 Å². The van der Waals surface area contributed by atoms with Gasteiger partial charge in [0, 0.05) is 12.5 Å². The monoisotopic (exact) mass is 324 g/mol. The lowest BCUT2D eigenvalue weighted by Crippen LogP contribution is -2.18. The zero-order chi connectivity index (χ0) is 16.3. The van der Waals surface area contributed by atoms with Gasteiger partial charge in [-0.05, 0) is 12.2 Å². The highest BCUT2D eigenvalue weighted by atomic mass is 32.2. The van der Waals surface area contributed by atoms with Crippen molar-refractivity contribution in [1.82, 2.24) is 10.2 Å². The molecule has 1 heterocycles. The quantitative estimate of drug-likeness (QED) is 0.587. The van der Waals surface area contributed by atoms with Gasteiger partial charge in [0.05, 0.1) is 17.6 Å². The van der Waals surface area contributed by atoms with Crippen molar-refractivity contribution in [3.63, 3.8) is 0 Å². The maximum Gasteiger partial charge on any atom is 0.356 e. The Morgan fingerprint density at radius 1 is 1.41 bits per heavy atom. The molecule has 0 aromatic carbocycles. The van der Waals surface area contributed by atoms with Gasteiger partial charge in [-0.1, -0.05) is 0 Å². The van der Waals surface area contributed by atoms with Gasteiger partial charge in [0.1, 0.15) is 5.69 Å². The number of hydrogen-bond donors (Lipinski definition) is 2. The summed E-state index contributed by atoms with van der Waals surface area (Å²) < 4.78 is 4.54. The second kappa shape index (κ2) is 6.56. The van der Waals surface area contributed by atoms with Crippen LogP contribution in [0, 0.1) is 0 Å². The highest BCUT2D eigenvalue weighted by Gasteiger charge is 2.34. The number of nitrogens with zero attached hydrogens (tertiary/aromatic N) is 1. The summed E-state index contributed by atoms with van der Waals surface area (Å²) >= 11 is 1.08. The van der Waals surface area contributed by atoms with Crippen molar-refractivity contribution < 1.29 is 29.0 Å². The Hall–Kier alpha value is -2.42. The van der Waals surface area contributed by atoms with E-state index in [9.17, 15) is 19.2 Å². The average molecular weight is 324 g/mol. The molecule has 2 rings (SSSR count). The third-order valence-corrected chi connectivity index (χ3v) is 4.00. The maximum atomic E-state index is 12.4. The van der Waals surface area contributed by atoms with E-state index in [1.165, 1.54) is 0 Å². The normalized spacial score (nSPS) is 13.6. The largest absolute Gasteiger partial charge is 0.481 e. The van der Waals surface area contributed by atoms with Gasteiger partial charge in [0.25, 0.3) is 0 Å². The van der Waals surface area contributed by atoms with E-state index in [0.29, 0.717) is 12.2 Å². The maximum absolute atomic E-state index is 12.4. The minimum atomic E-state index is -0.925. The number of nitrogens with one attached hydrogen (secondary N) is 1. The first kappa shape index (κ1) is 16.0. The molecule has 0 spiro atoms. The SMILES string of the molecule is COC(=O)c1[nH]nc2c1C(=O)C(SCCCC(=O)O)=CC2=O. The fourth-order valence-electron chi connectivity index (χ4n) is 1.88. The average Bonchev–Trinajstić information content (AvgIpc) is 2.93. The number of carboxylic acid groups (broad SMARTS) is 1. The van der Waals surface area contributed by atoms with Crippen LogP contribution < -0.4 is 0 Å². The minimum Gasteiger partial charge on any atom is -0.481 e. The van der Waals surface area contributed by atoms with Crippen molar-refractivity contribution >= 4 is 35.3 Å². The number of Topliss-reactive ketones (excluding diaryl/α,β-unsaturated/α-hetero) is 1. The molecule has 0 unspecified atom stereocenters. The van der Waals surface area contributed by atoms with Crippen LogP contribution in [-0.4, -0.2) is 51.7 Å². The van der Waals surface area contributed by atoms with E-state index in [1.807, 2.05) is 0 Å². The second-order valence-electron chi connectivity index (χ2n) is 4.36. The van der Waals surface area contributed by atoms with Gasteiger partial charge in [-0.15, -0.1) is 11.8 Å². The molecule has 1 aromatic rings. The van der Waals surface area contributed by atoms with Crippen molar-refractivity contribution in [2.75, 3.05) is 12.9 Å². The number of ketones is 2. The summed E-state index contributed by atoms with van der Waals surface area (Å²) in [4.78, 5) is 46.5. The third kappa shape index (κ3) is 3.08. The lowest BCUT2D eigenvalue weighted by atomic mass is 9.99. The number of aliphatic carboxylic acids is 1. The van der Waals surface area contributed by atoms with Crippen molar-refractivity contribution in [3.8, 4) is 0 Å². The second-order valence-corrected chi connectivity index (χ2v) is 5.50. The third-order valence-electron chi connectivity index (χ3n) is 2.89. The van der Waals surface area contributed by atoms with Gasteiger partial charge < -0.3 is 9.84 Å². The van der Waals surface area contributed by atoms with E-state index < -0.39 is 23.5 Å². The summed E-state index contributed by atoms with van der Waals surface area (Å²) in [6.45, 7) is 0. The Kier molecular flexibility index (Phi) is 4.76. The number of aromatic amines is 1. The number of methoxy groups -OCH3 is 1. The highest BCUT2D eigenvalue weighted by Crippen LogP contribution is 2.30. The van der Waals surface area contributed by atoms with Gasteiger partial charge in [0.15, 0.2) is 5.69 Å². The number of aromatic nitrogens is 2. The minimum absolute atomic E-state index is 0.0210. The summed E-state index contributed by atoms with van der Waals surface area (Å²) in [5, 5.41) is 14.6. The first-order chi connectivity index (χ1) is 10.5. The summed E-state index contributed by atoms with van der Waals surface area (Å²) in [5.41, 5.74) is -0.368. The van der Waals surface area contributed by atoms with Crippen LogP contribution in [0.3, 0.4) is 0 Å². The summed E-state index contributed by atoms with van der Waals surface area (Å²) in [5.74, 6) is -2.32. The summed E-state index contributed by atoms with van der Waals surface area (Å²) in [6.07, 6.45) is 1.49. The van der Waals surface area contributed by atoms with E-state index in [1.54, 1.807) is 0 Å². The number of carboxylic acids is 1. The molecule has 0 saturated carbocycles. The van der Waals surface area contributed by atoms with Crippen LogP contribution in [0.15, 0.2) is 11.0 Å². The molecule has 0 fully saturated rings. The molecule has 0 saturated heterocycles. The predicted molar refractivity (Wildman–Crippen MR) is 76.0 cm³/mol. The van der Waals surface area contributed by atoms with Gasteiger partial charge in [-0.3, -0.25) is 19.5 Å². The number of carbonyl (C=O) groups excluding carboxylic acids is 3. The Morgan fingerprint density at radius 2 is 2.14 bits per heavy atom. The number of hydrogen-bond acceptors (Lipinski definition) is 7. The molecule has 0 radical (unpaired) electrons. The predicted octanol–water partition coefficient (Wildman–Crippen LogP) is 1.06. The molecule has 0 aliphatic heterocycles. The molecule has 2 N–H and O–H groups in total. The van der Waals surface area contributed by atoms with Crippen LogP contribution in [0.5, 0.6) is 0 Å². The Bertz CT molecular complexity index is 691. The van der Waals surface area contributed by atoms with Crippen LogP contribution in [0.1, 0.15) is 44.2 Å². The molecule has 8 nitrogen and oxygen atoms in total. The highest BCUT2D eigenvalue weighted by molar-refractivity contribution is 8.04. The van der Waals surface area contributed by atoms with Crippen molar-refractivity contribution in [2.45, 2.75) is 12.8 Å². The molecule has 1 aliphatic rings. The Labute approximate surface area is 128 Å². The number of allylic oxidation sites excluding steroid dienone is 2. The summed E-state index contributed by atoms with van der Waals surface area (Å²) in [6, 6.07) is 0. The molecule has 116 valence electrons. The Morgan fingerprint density at radius 3 is 2.77 bits per heavy atom. The van der Waals surface area contributed by atoms with Gasteiger partial charge in [0.2, 0.25) is 11.6 Å². The number of ether oxygens (including phenoxy) is 1. The molecular weight excluding hydrogens is 312 g/mol. The standard InChI is InChI=1S/C13H12N2O6S/c1-21-13(20)11-9-10(14-15-11)6(16)5-7(12(9)19)22-4-2-3-8(17)18/h5H,2-4H2,1H3,(H,14,15)(H,17,18). The number of esters is 1. The van der Waals surface area contributed by atoms with Crippen LogP contribution in [0.4, 0.5) is 0 Å². The van der Waals surface area contributed by atoms with Crippen LogP contribution in [0.25, 0.3) is 0 Å². The lowest BCUT2D eigenvalue weighted by Gasteiger charge is -2.11. The Balaban J connectivity index is 2.18. The number of fused-ring (bicyclic) bond motifs is 1. The molecular formula is C13H12N2O6S. The molecule has 0 atom stereocenters. The van der Waals surface area contributed by atoms with E-state index in [2.05, 4.69) is 14.9 Å². The fraction of sp³-hybridized carbons (Fsp3) is 0.308. The van der Waals surface area contributed by atoms with Gasteiger partial charge in [-0.25, -0.2) is 4.79 Å². The topological polar surface area (TPSA) is 126 Å². The van der Waals surface area contributed by atoms with Crippen LogP contribution in [-0.2, 0) is 9.53 Å². The zero-order valence-corrected chi connectivity index (χ0v) is 12.4. The van der Waals surface area contributed by atoms with Crippen molar-refractivity contribution in [1.29, 1.82) is 0 Å². The molecule has 9 heteroatoms. The van der Waals surface area contributed by atoms with E-state index >= 15 is 0 Å². The first-order valence-electron chi connectivity index (χ1n) is 6.27. The number of H-pyrrole nitrogens is 1. The fourth-order valence-corrected chi connectivity index (χ4v) is 2.81. The van der Waals surface area contributed by atoms with Crippen molar-refractivity contribution in [2.24, 2.45) is 0 Å². The number of carbonyl (C=O) groups is 4. The van der Waals surface area contributed by atoms with Crippen LogP contribution >= 0.6 is 11.8 Å². The molecule has 22 heavy (non-hydrogen) atoms. The van der Waals surface area contributed by atoms with E-state index in [4.69, 9.17) is 5.11 Å². The first-order valence-corrected chi connectivity index (χ1v) is 7.26. The smallest absolute Gasteiger partial charge is 0.356 e. The summed E-state index contributed by atoms with van der Waals surface area (Å²) in [7, 11) is 1.15. The number of rotatable bonds is 6. The molecule has 0 amide bonds. The van der Waals surface area contributed by atoms with Gasteiger partial charge >= 0.3 is 11.9 Å². The zero-order valence-electron chi connectivity index (χ0n) is 11.5. The molecule has 0 bridgehead atoms. The molecule has 1 aliphatic carbocycles. The number of thioether (sulfide) groups is 1. The van der Waals surface area contributed by atoms with Crippen molar-refractivity contribution in [3.05, 3.63) is 27.9 Å². The van der Waals surface area contributed by atoms with E-state index in [0.717, 1.165) is 24.9 Å². The lowest BCUT2D eigenvalue weighted by molar-refractivity contribution is -0.137.